The molecule has 0 spiro atoms. The summed E-state index contributed by atoms with van der Waals surface area (Å²) in [5.74, 6) is 0.456. The summed E-state index contributed by atoms with van der Waals surface area (Å²) in [5, 5.41) is 4.99. The highest BCUT2D eigenvalue weighted by molar-refractivity contribution is 7.86. The summed E-state index contributed by atoms with van der Waals surface area (Å²) in [7, 11) is -1.39. The Balaban J connectivity index is 0. The van der Waals surface area contributed by atoms with Crippen molar-refractivity contribution in [1.82, 2.24) is 4.72 Å². The SMILES string of the molecule is C=C/C(C)=C\C=C\S(=O)NC1=C(C2=C[C@H](C)CC=C2)c2cc(C)ccc2NC1=C.CC.CC.CC.CC. The van der Waals surface area contributed by atoms with Crippen molar-refractivity contribution in [2.75, 3.05) is 5.32 Å². The van der Waals surface area contributed by atoms with E-state index in [1.54, 1.807) is 17.6 Å². The second kappa shape index (κ2) is 21.3. The quantitative estimate of drug-likeness (QED) is 0.363. The number of aryl methyl sites for hydroxylation is 1. The van der Waals surface area contributed by atoms with E-state index in [0.717, 1.165) is 40.1 Å². The summed E-state index contributed by atoms with van der Waals surface area (Å²) in [5.41, 5.74) is 7.93. The molecule has 0 saturated heterocycles. The van der Waals surface area contributed by atoms with Gasteiger partial charge >= 0.3 is 0 Å². The lowest BCUT2D eigenvalue weighted by molar-refractivity contribution is 0.684. The second-order valence-corrected chi connectivity index (χ2v) is 8.55. The normalized spacial score (nSPS) is 16.5. The van der Waals surface area contributed by atoms with Crippen LogP contribution < -0.4 is 10.0 Å². The minimum atomic E-state index is -1.39. The van der Waals surface area contributed by atoms with E-state index in [1.807, 2.05) is 68.4 Å². The second-order valence-electron chi connectivity index (χ2n) is 7.48. The number of benzene rings is 1. The Bertz CT molecular complexity index is 1020. The molecule has 2 atom stereocenters. The van der Waals surface area contributed by atoms with Gasteiger partial charge in [0, 0.05) is 22.2 Å². The van der Waals surface area contributed by atoms with E-state index in [9.17, 15) is 4.21 Å². The number of hydrogen-bond donors (Lipinski definition) is 2. The highest BCUT2D eigenvalue weighted by Crippen LogP contribution is 2.40. The fourth-order valence-electron chi connectivity index (χ4n) is 3.37. The molecule has 1 aliphatic carbocycles. The van der Waals surface area contributed by atoms with Gasteiger partial charge in [0.15, 0.2) is 0 Å². The molecule has 1 heterocycles. The molecule has 0 amide bonds. The molecular formula is C33H52N2OS. The van der Waals surface area contributed by atoms with Gasteiger partial charge in [0.25, 0.3) is 0 Å². The van der Waals surface area contributed by atoms with E-state index < -0.39 is 11.0 Å². The van der Waals surface area contributed by atoms with Gasteiger partial charge < -0.3 is 5.32 Å². The lowest BCUT2D eigenvalue weighted by Gasteiger charge is -2.29. The van der Waals surface area contributed by atoms with E-state index in [4.69, 9.17) is 0 Å². The summed E-state index contributed by atoms with van der Waals surface area (Å²) in [6.07, 6.45) is 13.1. The van der Waals surface area contributed by atoms with Gasteiger partial charge in [-0.3, -0.25) is 4.72 Å². The van der Waals surface area contributed by atoms with Gasteiger partial charge in [0.05, 0.1) is 11.4 Å². The van der Waals surface area contributed by atoms with Crippen molar-refractivity contribution in [3.05, 3.63) is 107 Å². The maximum Gasteiger partial charge on any atom is 0.142 e. The molecule has 2 N–H and O–H groups in total. The number of allylic oxidation sites excluding steroid dienone is 9. The monoisotopic (exact) mass is 524 g/mol. The highest BCUT2D eigenvalue weighted by Gasteiger charge is 2.25. The molecule has 1 aromatic rings. The molecule has 3 nitrogen and oxygen atoms in total. The molecular weight excluding hydrogens is 472 g/mol. The Kier molecular flexibility index (Phi) is 20.9. The van der Waals surface area contributed by atoms with E-state index in [0.29, 0.717) is 11.6 Å². The zero-order valence-corrected chi connectivity index (χ0v) is 26.1. The zero-order valence-electron chi connectivity index (χ0n) is 25.3. The molecule has 1 aliphatic heterocycles. The van der Waals surface area contributed by atoms with Gasteiger partial charge in [-0.05, 0) is 43.9 Å². The first-order chi connectivity index (χ1) is 17.9. The Hall–Kier alpha value is -2.85. The van der Waals surface area contributed by atoms with E-state index in [-0.39, 0.29) is 0 Å². The minimum absolute atomic E-state index is 0.456. The van der Waals surface area contributed by atoms with Crippen molar-refractivity contribution in [2.24, 2.45) is 5.92 Å². The topological polar surface area (TPSA) is 41.1 Å². The molecule has 0 radical (unpaired) electrons. The third-order valence-electron chi connectivity index (χ3n) is 4.93. The van der Waals surface area contributed by atoms with Gasteiger partial charge in [0.2, 0.25) is 0 Å². The van der Waals surface area contributed by atoms with Crippen LogP contribution in [0.2, 0.25) is 0 Å². The Morgan fingerprint density at radius 2 is 1.73 bits per heavy atom. The van der Waals surface area contributed by atoms with Crippen molar-refractivity contribution in [2.45, 2.75) is 82.6 Å². The molecule has 0 aromatic heterocycles. The number of nitrogens with one attached hydrogen (secondary N) is 2. The maximum atomic E-state index is 12.7. The van der Waals surface area contributed by atoms with E-state index in [1.165, 1.54) is 5.56 Å². The summed E-state index contributed by atoms with van der Waals surface area (Å²) in [4.78, 5) is 0. The zero-order chi connectivity index (χ0) is 29.0. The fraction of sp³-hybridized carbons (Fsp3) is 0.394. The third-order valence-corrected chi connectivity index (χ3v) is 5.74. The molecule has 3 rings (SSSR count). The van der Waals surface area contributed by atoms with Crippen LogP contribution in [0.1, 0.15) is 86.8 Å². The molecule has 1 unspecified atom stereocenters. The first kappa shape index (κ1) is 36.3. The number of fused-ring (bicyclic) bond motifs is 1. The lowest BCUT2D eigenvalue weighted by atomic mass is 9.85. The minimum Gasteiger partial charge on any atom is -0.354 e. The largest absolute Gasteiger partial charge is 0.354 e. The summed E-state index contributed by atoms with van der Waals surface area (Å²) in [6.45, 7) is 30.2. The fourth-order valence-corrected chi connectivity index (χ4v) is 4.08. The van der Waals surface area contributed by atoms with Gasteiger partial charge in [-0.25, -0.2) is 4.21 Å². The molecule has 1 aromatic carbocycles. The maximum absolute atomic E-state index is 12.7. The molecule has 206 valence electrons. The first-order valence-electron chi connectivity index (χ1n) is 13.7. The van der Waals surface area contributed by atoms with Crippen LogP contribution >= 0.6 is 0 Å². The molecule has 0 bridgehead atoms. The smallest absolute Gasteiger partial charge is 0.142 e. The Morgan fingerprint density at radius 1 is 1.11 bits per heavy atom. The molecule has 0 fully saturated rings. The summed E-state index contributed by atoms with van der Waals surface area (Å²) >= 11 is 0. The van der Waals surface area contributed by atoms with Gasteiger partial charge in [-0.2, -0.15) is 0 Å². The Labute approximate surface area is 231 Å². The van der Waals surface area contributed by atoms with Crippen LogP contribution in [0.3, 0.4) is 0 Å². The molecule has 2 aliphatic rings. The van der Waals surface area contributed by atoms with Crippen molar-refractivity contribution in [3.8, 4) is 0 Å². The standard InChI is InChI=1S/C25H28N2OS.4C2H6/c1-6-17(2)10-8-14-29(28)27-25-20(5)26-23-13-12-19(4)16-22(23)24(25)21-11-7-9-18(3)15-21;4*1-2/h6-8,10-16,18,26-27H,1,5,9H2,2-4H3;4*1-2H3/b14-8+,17-10-;;;;/t18-,29?;;;;/m1..../s1. The van der Waals surface area contributed by atoms with Crippen molar-refractivity contribution < 1.29 is 4.21 Å². The number of hydrogen-bond acceptors (Lipinski definition) is 2. The van der Waals surface area contributed by atoms with Crippen molar-refractivity contribution in [3.63, 3.8) is 0 Å². The number of rotatable bonds is 6. The summed E-state index contributed by atoms with van der Waals surface area (Å²) in [6, 6.07) is 6.32. The lowest BCUT2D eigenvalue weighted by Crippen LogP contribution is -2.25. The average molecular weight is 525 g/mol. The summed E-state index contributed by atoms with van der Waals surface area (Å²) < 4.78 is 15.9. The van der Waals surface area contributed by atoms with Gasteiger partial charge in [0.1, 0.15) is 11.0 Å². The van der Waals surface area contributed by atoms with E-state index >= 15 is 0 Å². The van der Waals surface area contributed by atoms with Crippen molar-refractivity contribution >= 4 is 22.2 Å². The third kappa shape index (κ3) is 11.8. The van der Waals surface area contributed by atoms with Gasteiger partial charge in [-0.15, -0.1) is 0 Å². The molecule has 4 heteroatoms. The van der Waals surface area contributed by atoms with Crippen LogP contribution in [0.4, 0.5) is 5.69 Å². The van der Waals surface area contributed by atoms with Crippen LogP contribution in [0, 0.1) is 12.8 Å². The predicted molar refractivity (Wildman–Crippen MR) is 172 cm³/mol. The molecule has 0 saturated carbocycles. The average Bonchev–Trinajstić information content (AvgIpc) is 2.93. The molecule has 37 heavy (non-hydrogen) atoms. The van der Waals surface area contributed by atoms with Crippen LogP contribution in [-0.2, 0) is 11.0 Å². The number of anilines is 1. The van der Waals surface area contributed by atoms with Crippen LogP contribution in [0.25, 0.3) is 5.57 Å². The predicted octanol–water partition coefficient (Wildman–Crippen LogP) is 10.2. The van der Waals surface area contributed by atoms with Crippen LogP contribution in [0.5, 0.6) is 0 Å². The van der Waals surface area contributed by atoms with Crippen LogP contribution in [-0.4, -0.2) is 4.21 Å². The van der Waals surface area contributed by atoms with Crippen LogP contribution in [0.15, 0.2) is 95.8 Å². The highest BCUT2D eigenvalue weighted by atomic mass is 32.2. The van der Waals surface area contributed by atoms with E-state index in [2.05, 4.69) is 73.5 Å². The van der Waals surface area contributed by atoms with Crippen molar-refractivity contribution in [1.29, 1.82) is 0 Å². The Morgan fingerprint density at radius 3 is 2.30 bits per heavy atom. The first-order valence-corrected chi connectivity index (χ1v) is 15.0. The van der Waals surface area contributed by atoms with Gasteiger partial charge in [-0.1, -0.05) is 129 Å².